The van der Waals surface area contributed by atoms with E-state index in [1.54, 1.807) is 24.3 Å². The largest absolute Gasteiger partial charge is 0.471 e. The highest BCUT2D eigenvalue weighted by Gasteiger charge is 2.38. The van der Waals surface area contributed by atoms with Crippen LogP contribution in [0.4, 0.5) is 13.2 Å². The molecule has 0 aliphatic heterocycles. The van der Waals surface area contributed by atoms with Crippen LogP contribution in [-0.2, 0) is 6.18 Å². The van der Waals surface area contributed by atoms with E-state index >= 15 is 0 Å². The molecule has 1 unspecified atom stereocenters. The summed E-state index contributed by atoms with van der Waals surface area (Å²) in [5.41, 5.74) is 1.08. The van der Waals surface area contributed by atoms with Crippen molar-refractivity contribution in [2.75, 3.05) is 0 Å². The first-order valence-electron chi connectivity index (χ1n) is 5.61. The molecule has 1 aromatic heterocycles. The number of nitrogens with zero attached hydrogens (tertiary/aromatic N) is 2. The lowest BCUT2D eigenvalue weighted by molar-refractivity contribution is -0.159. The van der Waals surface area contributed by atoms with Crippen LogP contribution < -0.4 is 0 Å². The molecule has 19 heavy (non-hydrogen) atoms. The molecule has 0 saturated carbocycles. The summed E-state index contributed by atoms with van der Waals surface area (Å²) in [6.07, 6.45) is -4.69. The van der Waals surface area contributed by atoms with Crippen LogP contribution in [-0.4, -0.2) is 15.2 Å². The number of rotatable bonds is 3. The molecule has 0 aliphatic carbocycles. The quantitative estimate of drug-likeness (QED) is 0.932. The summed E-state index contributed by atoms with van der Waals surface area (Å²) in [6, 6.07) is 6.32. The first-order chi connectivity index (χ1) is 8.91. The van der Waals surface area contributed by atoms with E-state index in [2.05, 4.69) is 14.7 Å². The van der Waals surface area contributed by atoms with Crippen LogP contribution in [0, 0.1) is 0 Å². The van der Waals surface area contributed by atoms with Crippen molar-refractivity contribution in [2.24, 2.45) is 0 Å². The van der Waals surface area contributed by atoms with Crippen LogP contribution in [0.1, 0.15) is 30.9 Å². The van der Waals surface area contributed by atoms with Gasteiger partial charge in [0.2, 0.25) is 5.82 Å². The van der Waals surface area contributed by atoms with Gasteiger partial charge in [-0.15, -0.1) is 0 Å². The third-order valence-corrected chi connectivity index (χ3v) is 2.61. The summed E-state index contributed by atoms with van der Waals surface area (Å²) < 4.78 is 41.1. The highest BCUT2D eigenvalue weighted by atomic mass is 19.4. The van der Waals surface area contributed by atoms with Crippen LogP contribution in [0.3, 0.4) is 0 Å². The molecule has 7 heteroatoms. The predicted molar refractivity (Wildman–Crippen MR) is 60.0 cm³/mol. The highest BCUT2D eigenvalue weighted by molar-refractivity contribution is 5.54. The minimum atomic E-state index is -4.65. The van der Waals surface area contributed by atoms with Gasteiger partial charge in [0.25, 0.3) is 0 Å². The molecule has 1 N–H and O–H groups in total. The van der Waals surface area contributed by atoms with Gasteiger partial charge in [0.05, 0.1) is 6.10 Å². The van der Waals surface area contributed by atoms with Crippen molar-refractivity contribution in [1.29, 1.82) is 0 Å². The third kappa shape index (κ3) is 2.93. The van der Waals surface area contributed by atoms with Crippen LogP contribution in [0.25, 0.3) is 11.4 Å². The van der Waals surface area contributed by atoms with Crippen molar-refractivity contribution in [1.82, 2.24) is 10.1 Å². The number of hydrogen-bond acceptors (Lipinski definition) is 4. The first kappa shape index (κ1) is 13.5. The molecule has 2 aromatic rings. The minimum absolute atomic E-state index is 0.134. The maximum absolute atomic E-state index is 12.3. The molecular formula is C12H11F3N2O2. The number of benzene rings is 1. The molecule has 1 atom stereocenters. The molecule has 0 spiro atoms. The van der Waals surface area contributed by atoms with E-state index < -0.39 is 18.2 Å². The van der Waals surface area contributed by atoms with Crippen molar-refractivity contribution < 1.29 is 22.8 Å². The summed E-state index contributed by atoms with van der Waals surface area (Å²) in [7, 11) is 0. The first-order valence-corrected chi connectivity index (χ1v) is 5.61. The number of aromatic nitrogens is 2. The van der Waals surface area contributed by atoms with Gasteiger partial charge in [-0.05, 0) is 12.0 Å². The van der Waals surface area contributed by atoms with Gasteiger partial charge in [-0.2, -0.15) is 18.2 Å². The van der Waals surface area contributed by atoms with Crippen molar-refractivity contribution in [3.8, 4) is 11.4 Å². The third-order valence-electron chi connectivity index (χ3n) is 2.61. The predicted octanol–water partition coefficient (Wildman–Crippen LogP) is 3.20. The zero-order chi connectivity index (χ0) is 14.0. The summed E-state index contributed by atoms with van der Waals surface area (Å²) >= 11 is 0. The lowest BCUT2D eigenvalue weighted by Gasteiger charge is -2.07. The number of aliphatic hydroxyl groups is 1. The maximum atomic E-state index is 12.3. The van der Waals surface area contributed by atoms with Crippen LogP contribution in [0.2, 0.25) is 0 Å². The molecule has 4 nitrogen and oxygen atoms in total. The Labute approximate surface area is 106 Å². The van der Waals surface area contributed by atoms with Gasteiger partial charge >= 0.3 is 12.1 Å². The molecule has 0 radical (unpaired) electrons. The van der Waals surface area contributed by atoms with E-state index in [1.165, 1.54) is 0 Å². The van der Waals surface area contributed by atoms with Gasteiger partial charge in [-0.3, -0.25) is 0 Å². The summed E-state index contributed by atoms with van der Waals surface area (Å²) in [5, 5.41) is 12.9. The molecule has 0 aliphatic rings. The molecule has 1 heterocycles. The number of halogens is 3. The minimum Gasteiger partial charge on any atom is -0.388 e. The Kier molecular flexibility index (Phi) is 3.57. The summed E-state index contributed by atoms with van der Waals surface area (Å²) in [6.45, 7) is 1.83. The Morgan fingerprint density at radius 3 is 2.37 bits per heavy atom. The van der Waals surface area contributed by atoms with Crippen LogP contribution in [0.5, 0.6) is 0 Å². The van der Waals surface area contributed by atoms with E-state index in [0.29, 0.717) is 17.5 Å². The van der Waals surface area contributed by atoms with E-state index in [-0.39, 0.29) is 5.82 Å². The SMILES string of the molecule is CCC(O)c1ccc(-c2noc(C(F)(F)F)n2)cc1. The van der Waals surface area contributed by atoms with Crippen LogP contribution >= 0.6 is 0 Å². The maximum Gasteiger partial charge on any atom is 0.471 e. The standard InChI is InChI=1S/C12H11F3N2O2/c1-2-9(18)7-3-5-8(6-4-7)10-16-11(19-17-10)12(13,14)15/h3-6,9,18H,2H2,1H3. The van der Waals surface area contributed by atoms with E-state index in [9.17, 15) is 18.3 Å². The highest BCUT2D eigenvalue weighted by Crippen LogP contribution is 2.29. The zero-order valence-electron chi connectivity index (χ0n) is 9.98. The molecule has 0 amide bonds. The Balaban J connectivity index is 2.25. The second-order valence-electron chi connectivity index (χ2n) is 3.97. The smallest absolute Gasteiger partial charge is 0.388 e. The molecule has 1 aromatic carbocycles. The fraction of sp³-hybridized carbons (Fsp3) is 0.333. The van der Waals surface area contributed by atoms with Gasteiger partial charge in [-0.25, -0.2) is 0 Å². The Morgan fingerprint density at radius 1 is 1.26 bits per heavy atom. The zero-order valence-corrected chi connectivity index (χ0v) is 9.98. The number of alkyl halides is 3. The van der Waals surface area contributed by atoms with E-state index in [4.69, 9.17) is 0 Å². The van der Waals surface area contributed by atoms with Gasteiger partial charge < -0.3 is 9.63 Å². The molecule has 102 valence electrons. The lowest BCUT2D eigenvalue weighted by atomic mass is 10.1. The lowest BCUT2D eigenvalue weighted by Crippen LogP contribution is -2.04. The van der Waals surface area contributed by atoms with Crippen molar-refractivity contribution in [2.45, 2.75) is 25.6 Å². The van der Waals surface area contributed by atoms with Crippen molar-refractivity contribution in [3.63, 3.8) is 0 Å². The van der Waals surface area contributed by atoms with Gasteiger partial charge in [0.15, 0.2) is 0 Å². The number of hydrogen-bond donors (Lipinski definition) is 1. The second-order valence-corrected chi connectivity index (χ2v) is 3.97. The molecule has 0 fully saturated rings. The fourth-order valence-corrected chi connectivity index (χ4v) is 1.55. The molecule has 0 saturated heterocycles. The monoisotopic (exact) mass is 272 g/mol. The normalized spacial score (nSPS) is 13.5. The Morgan fingerprint density at radius 2 is 1.89 bits per heavy atom. The number of aliphatic hydroxyl groups excluding tert-OH is 1. The Bertz CT molecular complexity index is 549. The topological polar surface area (TPSA) is 59.2 Å². The molecule has 0 bridgehead atoms. The van der Waals surface area contributed by atoms with Gasteiger partial charge in [-0.1, -0.05) is 36.3 Å². The summed E-state index contributed by atoms with van der Waals surface area (Å²) in [4.78, 5) is 3.28. The van der Waals surface area contributed by atoms with E-state index in [0.717, 1.165) is 0 Å². The van der Waals surface area contributed by atoms with Crippen LogP contribution in [0.15, 0.2) is 28.8 Å². The van der Waals surface area contributed by atoms with Gasteiger partial charge in [0.1, 0.15) is 0 Å². The van der Waals surface area contributed by atoms with Crippen molar-refractivity contribution >= 4 is 0 Å². The van der Waals surface area contributed by atoms with Crippen molar-refractivity contribution in [3.05, 3.63) is 35.7 Å². The van der Waals surface area contributed by atoms with Gasteiger partial charge in [0, 0.05) is 5.56 Å². The fourth-order valence-electron chi connectivity index (χ4n) is 1.55. The summed E-state index contributed by atoms with van der Waals surface area (Å²) in [5.74, 6) is -1.51. The average molecular weight is 272 g/mol. The Hall–Kier alpha value is -1.89. The molecular weight excluding hydrogens is 261 g/mol. The molecule has 2 rings (SSSR count). The second kappa shape index (κ2) is 5.00. The van der Waals surface area contributed by atoms with E-state index in [1.807, 2.05) is 6.92 Å². The average Bonchev–Trinajstić information content (AvgIpc) is 2.87.